The van der Waals surface area contributed by atoms with E-state index in [9.17, 15) is 9.59 Å². The molecule has 0 atom stereocenters. The van der Waals surface area contributed by atoms with Gasteiger partial charge in [-0.05, 0) is 36.2 Å². The van der Waals surface area contributed by atoms with E-state index in [1.807, 2.05) is 66.2 Å². The number of rotatable bonds is 8. The lowest BCUT2D eigenvalue weighted by Gasteiger charge is -2.07. The van der Waals surface area contributed by atoms with Crippen molar-refractivity contribution in [2.24, 2.45) is 0 Å². The summed E-state index contributed by atoms with van der Waals surface area (Å²) in [5, 5.41) is 8.25. The highest BCUT2D eigenvalue weighted by Gasteiger charge is 2.18. The third kappa shape index (κ3) is 4.97. The van der Waals surface area contributed by atoms with Gasteiger partial charge in [-0.2, -0.15) is 5.10 Å². The molecule has 0 saturated carbocycles. The quantitative estimate of drug-likeness (QED) is 0.412. The highest BCUT2D eigenvalue weighted by atomic mass is 32.1. The molecule has 8 heteroatoms. The molecule has 0 bridgehead atoms. The third-order valence-electron chi connectivity index (χ3n) is 4.94. The predicted molar refractivity (Wildman–Crippen MR) is 123 cm³/mol. The molecule has 32 heavy (non-hydrogen) atoms. The molecule has 2 heterocycles. The molecule has 4 aromatic rings. The Morgan fingerprint density at radius 3 is 2.62 bits per heavy atom. The molecule has 7 nitrogen and oxygen atoms in total. The zero-order chi connectivity index (χ0) is 22.5. The van der Waals surface area contributed by atoms with Gasteiger partial charge in [-0.25, -0.2) is 4.79 Å². The normalized spacial score (nSPS) is 10.8. The van der Waals surface area contributed by atoms with Gasteiger partial charge in [0.05, 0.1) is 19.3 Å². The van der Waals surface area contributed by atoms with Crippen molar-refractivity contribution >= 4 is 33.4 Å². The lowest BCUT2D eigenvalue weighted by Crippen LogP contribution is -2.28. The summed E-state index contributed by atoms with van der Waals surface area (Å²) in [6, 6.07) is 19.2. The number of methoxy groups -OCH3 is 1. The average Bonchev–Trinajstić information content (AvgIpc) is 3.38. The van der Waals surface area contributed by atoms with Crippen LogP contribution in [0, 0.1) is 6.92 Å². The Bertz CT molecular complexity index is 1250. The largest absolute Gasteiger partial charge is 0.497 e. The smallest absolute Gasteiger partial charge is 0.348 e. The van der Waals surface area contributed by atoms with Gasteiger partial charge in [-0.3, -0.25) is 9.48 Å². The van der Waals surface area contributed by atoms with Crippen LogP contribution < -0.4 is 10.1 Å². The summed E-state index contributed by atoms with van der Waals surface area (Å²) in [6.07, 6.45) is 0. The fraction of sp³-hybridized carbons (Fsp3) is 0.208. The van der Waals surface area contributed by atoms with Crippen molar-refractivity contribution in [3.8, 4) is 5.75 Å². The number of carbonyl (C=O) groups excluding carboxylic acids is 2. The molecule has 0 saturated heterocycles. The van der Waals surface area contributed by atoms with E-state index in [4.69, 9.17) is 9.47 Å². The molecule has 0 fully saturated rings. The van der Waals surface area contributed by atoms with Crippen LogP contribution in [0.25, 0.3) is 10.2 Å². The number of amides is 1. The summed E-state index contributed by atoms with van der Waals surface area (Å²) in [5.74, 6) is -0.170. The minimum absolute atomic E-state index is 0.324. The minimum Gasteiger partial charge on any atom is -0.497 e. The van der Waals surface area contributed by atoms with E-state index >= 15 is 0 Å². The van der Waals surface area contributed by atoms with Gasteiger partial charge in [0.2, 0.25) is 0 Å². The Kier molecular flexibility index (Phi) is 6.51. The van der Waals surface area contributed by atoms with Crippen molar-refractivity contribution in [1.29, 1.82) is 0 Å². The fourth-order valence-electron chi connectivity index (χ4n) is 3.31. The van der Waals surface area contributed by atoms with E-state index in [2.05, 4.69) is 10.4 Å². The molecule has 0 aliphatic rings. The summed E-state index contributed by atoms with van der Waals surface area (Å²) < 4.78 is 12.3. The summed E-state index contributed by atoms with van der Waals surface area (Å²) in [7, 11) is 1.59. The second-order valence-electron chi connectivity index (χ2n) is 7.26. The number of aryl methyl sites for hydroxylation is 1. The first kappa shape index (κ1) is 21.6. The highest BCUT2D eigenvalue weighted by molar-refractivity contribution is 7.20. The maximum absolute atomic E-state index is 12.5. The van der Waals surface area contributed by atoms with Gasteiger partial charge in [-0.1, -0.05) is 42.5 Å². The van der Waals surface area contributed by atoms with Crippen LogP contribution in [0.1, 0.15) is 26.5 Å². The predicted octanol–water partition coefficient (Wildman–Crippen LogP) is 3.94. The third-order valence-corrected chi connectivity index (χ3v) is 6.07. The Morgan fingerprint density at radius 2 is 1.84 bits per heavy atom. The van der Waals surface area contributed by atoms with Gasteiger partial charge < -0.3 is 14.8 Å². The van der Waals surface area contributed by atoms with E-state index < -0.39 is 5.97 Å². The molecule has 1 amide bonds. The van der Waals surface area contributed by atoms with Gasteiger partial charge in [-0.15, -0.1) is 11.3 Å². The molecule has 2 aromatic carbocycles. The standard InChI is InChI=1S/C24H23N3O4S/c1-16-20-12-21(32-23(20)27(26-16)14-17-7-4-3-5-8-17)24(29)31-15-22(28)25-13-18-9-6-10-19(11-18)30-2/h3-12H,13-15H2,1-2H3,(H,25,28). The Labute approximate surface area is 189 Å². The Balaban J connectivity index is 1.36. The minimum atomic E-state index is -0.520. The van der Waals surface area contributed by atoms with Gasteiger partial charge in [0.1, 0.15) is 15.5 Å². The van der Waals surface area contributed by atoms with Crippen LogP contribution in [0.15, 0.2) is 60.7 Å². The molecule has 2 aromatic heterocycles. The molecular formula is C24H23N3O4S. The second-order valence-corrected chi connectivity index (χ2v) is 8.29. The molecular weight excluding hydrogens is 426 g/mol. The lowest BCUT2D eigenvalue weighted by molar-refractivity contribution is -0.124. The fourth-order valence-corrected chi connectivity index (χ4v) is 4.37. The monoisotopic (exact) mass is 449 g/mol. The van der Waals surface area contributed by atoms with Crippen molar-refractivity contribution in [1.82, 2.24) is 15.1 Å². The van der Waals surface area contributed by atoms with Crippen LogP contribution in [0.3, 0.4) is 0 Å². The molecule has 0 aliphatic carbocycles. The first-order valence-corrected chi connectivity index (χ1v) is 10.9. The topological polar surface area (TPSA) is 82.4 Å². The molecule has 164 valence electrons. The van der Waals surface area contributed by atoms with E-state index in [0.717, 1.165) is 27.0 Å². The number of thiophene rings is 1. The number of hydrogen-bond acceptors (Lipinski definition) is 6. The molecule has 0 unspecified atom stereocenters. The van der Waals surface area contributed by atoms with E-state index in [1.54, 1.807) is 13.2 Å². The van der Waals surface area contributed by atoms with Crippen LogP contribution in [0.5, 0.6) is 5.75 Å². The number of fused-ring (bicyclic) bond motifs is 1. The number of hydrogen-bond donors (Lipinski definition) is 1. The van der Waals surface area contributed by atoms with Gasteiger partial charge in [0.15, 0.2) is 6.61 Å². The molecule has 0 spiro atoms. The van der Waals surface area contributed by atoms with Gasteiger partial charge in [0.25, 0.3) is 5.91 Å². The van der Waals surface area contributed by atoms with Gasteiger partial charge >= 0.3 is 5.97 Å². The van der Waals surface area contributed by atoms with Crippen molar-refractivity contribution in [2.45, 2.75) is 20.0 Å². The summed E-state index contributed by atoms with van der Waals surface area (Å²) >= 11 is 1.32. The van der Waals surface area contributed by atoms with E-state index in [-0.39, 0.29) is 12.5 Å². The number of ether oxygens (including phenoxy) is 2. The number of benzene rings is 2. The Hall–Kier alpha value is -3.65. The number of nitrogens with zero attached hydrogens (tertiary/aromatic N) is 2. The zero-order valence-corrected chi connectivity index (χ0v) is 18.6. The maximum atomic E-state index is 12.5. The molecule has 0 radical (unpaired) electrons. The number of carbonyl (C=O) groups is 2. The van der Waals surface area contributed by atoms with Gasteiger partial charge in [0, 0.05) is 11.9 Å². The average molecular weight is 450 g/mol. The second kappa shape index (κ2) is 9.65. The van der Waals surface area contributed by atoms with Crippen LogP contribution in [0.2, 0.25) is 0 Å². The molecule has 1 N–H and O–H groups in total. The molecule has 4 rings (SSSR count). The van der Waals surface area contributed by atoms with Crippen molar-refractivity contribution < 1.29 is 19.1 Å². The first-order chi connectivity index (χ1) is 15.5. The summed E-state index contributed by atoms with van der Waals surface area (Å²) in [5.41, 5.74) is 2.87. The van der Waals surface area contributed by atoms with Crippen molar-refractivity contribution in [3.63, 3.8) is 0 Å². The van der Waals surface area contributed by atoms with Crippen LogP contribution in [-0.2, 0) is 22.6 Å². The Morgan fingerprint density at radius 1 is 1.06 bits per heavy atom. The maximum Gasteiger partial charge on any atom is 0.348 e. The van der Waals surface area contributed by atoms with E-state index in [0.29, 0.717) is 23.7 Å². The lowest BCUT2D eigenvalue weighted by atomic mass is 10.2. The van der Waals surface area contributed by atoms with Crippen LogP contribution >= 0.6 is 11.3 Å². The van der Waals surface area contributed by atoms with Crippen molar-refractivity contribution in [2.75, 3.05) is 13.7 Å². The summed E-state index contributed by atoms with van der Waals surface area (Å²) in [6.45, 7) is 2.52. The van der Waals surface area contributed by atoms with E-state index in [1.165, 1.54) is 11.3 Å². The van der Waals surface area contributed by atoms with Crippen molar-refractivity contribution in [3.05, 3.63) is 82.4 Å². The van der Waals surface area contributed by atoms with Crippen LogP contribution in [0.4, 0.5) is 0 Å². The van der Waals surface area contributed by atoms with Crippen LogP contribution in [-0.4, -0.2) is 35.4 Å². The zero-order valence-electron chi connectivity index (χ0n) is 17.8. The molecule has 0 aliphatic heterocycles. The number of nitrogens with one attached hydrogen (secondary N) is 1. The SMILES string of the molecule is COc1cccc(CNC(=O)COC(=O)c2cc3c(C)nn(Cc4ccccc4)c3s2)c1. The highest BCUT2D eigenvalue weighted by Crippen LogP contribution is 2.29. The number of esters is 1. The number of aromatic nitrogens is 2. The first-order valence-electron chi connectivity index (χ1n) is 10.1. The summed E-state index contributed by atoms with van der Waals surface area (Å²) in [4.78, 5) is 26.0.